The predicted molar refractivity (Wildman–Crippen MR) is 67.6 cm³/mol. The monoisotopic (exact) mass is 235 g/mol. The van der Waals surface area contributed by atoms with E-state index in [0.717, 1.165) is 39.3 Å². The first-order valence-electron chi connectivity index (χ1n) is 6.26. The van der Waals surface area contributed by atoms with E-state index in [1.165, 1.54) is 5.56 Å². The highest BCUT2D eigenvalue weighted by Gasteiger charge is 2.17. The maximum atomic E-state index is 9.34. The largest absolute Gasteiger partial charge is 0.392 e. The van der Waals surface area contributed by atoms with E-state index in [2.05, 4.69) is 20.9 Å². The summed E-state index contributed by atoms with van der Waals surface area (Å²) in [5.41, 5.74) is 1.27. The molecule has 0 spiro atoms. The van der Waals surface area contributed by atoms with Crippen molar-refractivity contribution in [3.63, 3.8) is 0 Å². The number of rotatable bonds is 4. The van der Waals surface area contributed by atoms with E-state index in [1.807, 2.05) is 25.4 Å². The molecule has 1 aromatic heterocycles. The van der Waals surface area contributed by atoms with E-state index in [1.54, 1.807) is 0 Å². The maximum absolute atomic E-state index is 9.34. The van der Waals surface area contributed by atoms with Crippen LogP contribution < -0.4 is 0 Å². The molecule has 0 aliphatic carbocycles. The molecule has 2 rings (SSSR count). The summed E-state index contributed by atoms with van der Waals surface area (Å²) in [5, 5.41) is 9.34. The molecule has 0 aromatic carbocycles. The zero-order valence-electron chi connectivity index (χ0n) is 10.4. The van der Waals surface area contributed by atoms with Gasteiger partial charge in [-0.15, -0.1) is 0 Å². The first-order valence-corrected chi connectivity index (χ1v) is 6.26. The van der Waals surface area contributed by atoms with E-state index < -0.39 is 0 Å². The average Bonchev–Trinajstić information content (AvgIpc) is 2.32. The molecule has 0 saturated carbocycles. The van der Waals surface area contributed by atoms with Gasteiger partial charge in [-0.2, -0.15) is 0 Å². The summed E-state index contributed by atoms with van der Waals surface area (Å²) in [6.45, 7) is 7.86. The number of aromatic nitrogens is 1. The van der Waals surface area contributed by atoms with Crippen molar-refractivity contribution in [2.75, 3.05) is 32.7 Å². The Balaban J connectivity index is 1.76. The van der Waals surface area contributed by atoms with Gasteiger partial charge in [-0.1, -0.05) is 6.07 Å². The molecule has 0 bridgehead atoms. The number of piperazine rings is 1. The Bertz CT molecular complexity index is 321. The quantitative estimate of drug-likeness (QED) is 0.828. The normalized spacial score (nSPS) is 20.4. The van der Waals surface area contributed by atoms with Crippen molar-refractivity contribution < 1.29 is 5.11 Å². The van der Waals surface area contributed by atoms with E-state index in [4.69, 9.17) is 0 Å². The Kier molecular flexibility index (Phi) is 4.48. The fourth-order valence-electron chi connectivity index (χ4n) is 2.25. The minimum Gasteiger partial charge on any atom is -0.392 e. The van der Waals surface area contributed by atoms with Crippen LogP contribution in [0.25, 0.3) is 0 Å². The van der Waals surface area contributed by atoms with Crippen LogP contribution in [0.15, 0.2) is 24.5 Å². The van der Waals surface area contributed by atoms with Crippen LogP contribution in [0.4, 0.5) is 0 Å². The lowest BCUT2D eigenvalue weighted by molar-refractivity contribution is 0.0780. The van der Waals surface area contributed by atoms with E-state index in [9.17, 15) is 5.11 Å². The van der Waals surface area contributed by atoms with Crippen molar-refractivity contribution in [2.24, 2.45) is 0 Å². The van der Waals surface area contributed by atoms with Gasteiger partial charge in [-0.25, -0.2) is 0 Å². The standard InChI is InChI=1S/C13H21N3O/c1-12(17)10-15-5-7-16(8-6-15)11-13-3-2-4-14-9-13/h2-4,9,12,17H,5-8,10-11H2,1H3/t12-/m0/s1. The summed E-state index contributed by atoms with van der Waals surface area (Å²) in [5.74, 6) is 0. The van der Waals surface area contributed by atoms with Crippen LogP contribution >= 0.6 is 0 Å². The number of hydrogen-bond acceptors (Lipinski definition) is 4. The lowest BCUT2D eigenvalue weighted by atomic mass is 10.2. The van der Waals surface area contributed by atoms with Crippen molar-refractivity contribution in [3.8, 4) is 0 Å². The number of nitrogens with zero attached hydrogens (tertiary/aromatic N) is 3. The van der Waals surface area contributed by atoms with Gasteiger partial charge in [0.25, 0.3) is 0 Å². The zero-order valence-corrected chi connectivity index (χ0v) is 10.4. The molecule has 0 radical (unpaired) electrons. The van der Waals surface area contributed by atoms with Crippen LogP contribution in [0.2, 0.25) is 0 Å². The second-order valence-electron chi connectivity index (χ2n) is 4.79. The third-order valence-electron chi connectivity index (χ3n) is 3.12. The zero-order chi connectivity index (χ0) is 12.1. The molecule has 94 valence electrons. The van der Waals surface area contributed by atoms with Gasteiger partial charge in [-0.05, 0) is 18.6 Å². The molecule has 17 heavy (non-hydrogen) atoms. The molecule has 1 fully saturated rings. The third kappa shape index (κ3) is 4.07. The Morgan fingerprint density at radius 3 is 2.59 bits per heavy atom. The SMILES string of the molecule is C[C@H](O)CN1CCN(Cc2cccnc2)CC1. The maximum Gasteiger partial charge on any atom is 0.0639 e. The number of hydrogen-bond donors (Lipinski definition) is 1. The van der Waals surface area contributed by atoms with Crippen LogP contribution in [0.3, 0.4) is 0 Å². The summed E-state index contributed by atoms with van der Waals surface area (Å²) in [6.07, 6.45) is 3.52. The summed E-state index contributed by atoms with van der Waals surface area (Å²) < 4.78 is 0. The van der Waals surface area contributed by atoms with Crippen LogP contribution in [0.1, 0.15) is 12.5 Å². The average molecular weight is 235 g/mol. The summed E-state index contributed by atoms with van der Waals surface area (Å²) in [4.78, 5) is 8.90. The van der Waals surface area contributed by atoms with E-state index in [0.29, 0.717) is 0 Å². The summed E-state index contributed by atoms with van der Waals surface area (Å²) >= 11 is 0. The van der Waals surface area contributed by atoms with Crippen LogP contribution in [0.5, 0.6) is 0 Å². The van der Waals surface area contributed by atoms with E-state index >= 15 is 0 Å². The topological polar surface area (TPSA) is 39.6 Å². The molecule has 1 atom stereocenters. The molecule has 1 saturated heterocycles. The first kappa shape index (κ1) is 12.5. The van der Waals surface area contributed by atoms with Crippen molar-refractivity contribution >= 4 is 0 Å². The molecule has 0 amide bonds. The number of pyridine rings is 1. The predicted octanol–water partition coefficient (Wildman–Crippen LogP) is 0.580. The van der Waals surface area contributed by atoms with Gasteiger partial charge in [0.05, 0.1) is 6.10 Å². The second kappa shape index (κ2) is 6.10. The molecule has 1 aromatic rings. The number of β-amino-alcohol motifs (C(OH)–C–C–N with tert-alkyl or cyclic N) is 1. The molecule has 4 nitrogen and oxygen atoms in total. The van der Waals surface area contributed by atoms with Gasteiger partial charge < -0.3 is 5.11 Å². The van der Waals surface area contributed by atoms with Gasteiger partial charge in [0.15, 0.2) is 0 Å². The summed E-state index contributed by atoms with van der Waals surface area (Å²) in [6, 6.07) is 4.11. The second-order valence-corrected chi connectivity index (χ2v) is 4.79. The first-order chi connectivity index (χ1) is 8.24. The Hall–Kier alpha value is -0.970. The van der Waals surface area contributed by atoms with Gasteiger partial charge >= 0.3 is 0 Å². The smallest absolute Gasteiger partial charge is 0.0639 e. The highest BCUT2D eigenvalue weighted by molar-refractivity contribution is 5.08. The highest BCUT2D eigenvalue weighted by Crippen LogP contribution is 2.07. The Morgan fingerprint density at radius 1 is 1.29 bits per heavy atom. The molecule has 0 unspecified atom stereocenters. The lowest BCUT2D eigenvalue weighted by Crippen LogP contribution is -2.47. The number of aliphatic hydroxyl groups excluding tert-OH is 1. The summed E-state index contributed by atoms with van der Waals surface area (Å²) in [7, 11) is 0. The Labute approximate surface area is 103 Å². The molecular weight excluding hydrogens is 214 g/mol. The van der Waals surface area contributed by atoms with Gasteiger partial charge in [0.1, 0.15) is 0 Å². The van der Waals surface area contributed by atoms with Crippen molar-refractivity contribution in [2.45, 2.75) is 19.6 Å². The molecule has 2 heterocycles. The van der Waals surface area contributed by atoms with Gasteiger partial charge in [0, 0.05) is 51.7 Å². The molecule has 1 aliphatic rings. The highest BCUT2D eigenvalue weighted by atomic mass is 16.3. The van der Waals surface area contributed by atoms with Gasteiger partial charge in [-0.3, -0.25) is 14.8 Å². The fourth-order valence-corrected chi connectivity index (χ4v) is 2.25. The van der Waals surface area contributed by atoms with Crippen LogP contribution in [-0.4, -0.2) is 58.7 Å². The molecular formula is C13H21N3O. The van der Waals surface area contributed by atoms with E-state index in [-0.39, 0.29) is 6.10 Å². The Morgan fingerprint density at radius 2 is 2.00 bits per heavy atom. The van der Waals surface area contributed by atoms with Crippen molar-refractivity contribution in [1.82, 2.24) is 14.8 Å². The van der Waals surface area contributed by atoms with Crippen molar-refractivity contribution in [1.29, 1.82) is 0 Å². The lowest BCUT2D eigenvalue weighted by Gasteiger charge is -2.35. The van der Waals surface area contributed by atoms with Crippen LogP contribution in [-0.2, 0) is 6.54 Å². The molecule has 1 aliphatic heterocycles. The minimum atomic E-state index is -0.222. The van der Waals surface area contributed by atoms with Crippen molar-refractivity contribution in [3.05, 3.63) is 30.1 Å². The molecule has 1 N–H and O–H groups in total. The van der Waals surface area contributed by atoms with Crippen LogP contribution in [0, 0.1) is 0 Å². The van der Waals surface area contributed by atoms with Gasteiger partial charge in [0.2, 0.25) is 0 Å². The number of aliphatic hydroxyl groups is 1. The minimum absolute atomic E-state index is 0.222. The third-order valence-corrected chi connectivity index (χ3v) is 3.12. The fraction of sp³-hybridized carbons (Fsp3) is 0.615. The molecule has 4 heteroatoms.